The number of piperidine rings is 1. The van der Waals surface area contributed by atoms with E-state index in [2.05, 4.69) is 20.9 Å². The molecule has 2 rings (SSSR count). The molecule has 1 aliphatic rings. The van der Waals surface area contributed by atoms with E-state index in [4.69, 9.17) is 5.11 Å². The molecular weight excluding hydrogens is 348 g/mol. The van der Waals surface area contributed by atoms with Gasteiger partial charge >= 0.3 is 5.97 Å². The van der Waals surface area contributed by atoms with Crippen molar-refractivity contribution in [3.8, 4) is 0 Å². The predicted octanol–water partition coefficient (Wildman–Crippen LogP) is 1.72. The number of rotatable bonds is 3. The summed E-state index contributed by atoms with van der Waals surface area (Å²) in [5.74, 6) is -1.34. The average molecular weight is 363 g/mol. The number of hydrogen-bond acceptors (Lipinski definition) is 4. The molecule has 2 atom stereocenters. The molecule has 1 fully saturated rings. The number of halogens is 1. The van der Waals surface area contributed by atoms with Crippen LogP contribution in [0.4, 0.5) is 0 Å². The largest absolute Gasteiger partial charge is 0.481 e. The SMILES string of the molecule is CC1CC(C(=O)O)CCN1S(=O)(=O)c1cncc(Br)c1. The molecule has 1 saturated heterocycles. The molecule has 0 saturated carbocycles. The fourth-order valence-electron chi connectivity index (χ4n) is 2.40. The first-order chi connectivity index (χ1) is 9.32. The van der Waals surface area contributed by atoms with Crippen LogP contribution in [0.1, 0.15) is 19.8 Å². The summed E-state index contributed by atoms with van der Waals surface area (Å²) in [5, 5.41) is 9.01. The Labute approximate surface area is 126 Å². The van der Waals surface area contributed by atoms with Gasteiger partial charge in [-0.2, -0.15) is 4.31 Å². The molecule has 0 aliphatic carbocycles. The maximum Gasteiger partial charge on any atom is 0.306 e. The number of carboxylic acid groups (broad SMARTS) is 1. The maximum absolute atomic E-state index is 12.5. The summed E-state index contributed by atoms with van der Waals surface area (Å²) < 4.78 is 27.0. The van der Waals surface area contributed by atoms with E-state index in [1.165, 1.54) is 22.8 Å². The van der Waals surface area contributed by atoms with Crippen LogP contribution >= 0.6 is 15.9 Å². The molecule has 1 aromatic rings. The molecule has 0 bridgehead atoms. The van der Waals surface area contributed by atoms with Crippen molar-refractivity contribution in [2.75, 3.05) is 6.54 Å². The zero-order chi connectivity index (χ0) is 14.9. The van der Waals surface area contributed by atoms with Gasteiger partial charge in [0.15, 0.2) is 0 Å². The first kappa shape index (κ1) is 15.4. The maximum atomic E-state index is 12.5. The molecule has 1 N–H and O–H groups in total. The average Bonchev–Trinajstić information content (AvgIpc) is 2.38. The van der Waals surface area contributed by atoms with Crippen LogP contribution in [0, 0.1) is 5.92 Å². The van der Waals surface area contributed by atoms with Crippen LogP contribution in [0.3, 0.4) is 0 Å². The summed E-state index contributed by atoms with van der Waals surface area (Å²) >= 11 is 3.20. The van der Waals surface area contributed by atoms with Gasteiger partial charge in [0.05, 0.1) is 5.92 Å². The van der Waals surface area contributed by atoms with Crippen molar-refractivity contribution in [2.45, 2.75) is 30.7 Å². The number of aliphatic carboxylic acids is 1. The first-order valence-corrected chi connectivity index (χ1v) is 8.41. The molecule has 2 heterocycles. The minimum absolute atomic E-state index is 0.118. The van der Waals surface area contributed by atoms with Crippen molar-refractivity contribution >= 4 is 31.9 Å². The van der Waals surface area contributed by atoms with Gasteiger partial charge in [-0.15, -0.1) is 0 Å². The molecule has 0 spiro atoms. The van der Waals surface area contributed by atoms with Gasteiger partial charge in [-0.1, -0.05) is 0 Å². The van der Waals surface area contributed by atoms with Crippen LogP contribution in [0.5, 0.6) is 0 Å². The lowest BCUT2D eigenvalue weighted by Gasteiger charge is -2.35. The van der Waals surface area contributed by atoms with Gasteiger partial charge in [0.1, 0.15) is 4.90 Å². The fourth-order valence-corrected chi connectivity index (χ4v) is 4.56. The summed E-state index contributed by atoms with van der Waals surface area (Å²) in [6.07, 6.45) is 3.48. The Morgan fingerprint density at radius 3 is 2.75 bits per heavy atom. The standard InChI is InChI=1S/C12H15BrN2O4S/c1-8-4-9(12(16)17)2-3-15(8)20(18,19)11-5-10(13)6-14-7-11/h5-9H,2-4H2,1H3,(H,16,17). The molecule has 2 unspecified atom stereocenters. The van der Waals surface area contributed by atoms with E-state index in [-0.39, 0.29) is 17.5 Å². The summed E-state index contributed by atoms with van der Waals surface area (Å²) in [4.78, 5) is 15.0. The molecular formula is C12H15BrN2O4S. The Bertz CT molecular complexity index is 620. The van der Waals surface area contributed by atoms with Gasteiger partial charge in [0.25, 0.3) is 0 Å². The number of aromatic nitrogens is 1. The Morgan fingerprint density at radius 1 is 1.50 bits per heavy atom. The van der Waals surface area contributed by atoms with E-state index in [0.717, 1.165) is 0 Å². The number of nitrogens with zero attached hydrogens (tertiary/aromatic N) is 2. The minimum atomic E-state index is -3.63. The van der Waals surface area contributed by atoms with E-state index in [0.29, 0.717) is 17.3 Å². The Balaban J connectivity index is 2.25. The van der Waals surface area contributed by atoms with Gasteiger partial charge in [-0.3, -0.25) is 9.78 Å². The van der Waals surface area contributed by atoms with Crippen molar-refractivity contribution < 1.29 is 18.3 Å². The van der Waals surface area contributed by atoms with Gasteiger partial charge < -0.3 is 5.11 Å². The number of carbonyl (C=O) groups is 1. The lowest BCUT2D eigenvalue weighted by molar-refractivity contribution is -0.143. The summed E-state index contributed by atoms with van der Waals surface area (Å²) in [7, 11) is -3.63. The Morgan fingerprint density at radius 2 is 2.20 bits per heavy atom. The van der Waals surface area contributed by atoms with E-state index in [1.807, 2.05) is 0 Å². The lowest BCUT2D eigenvalue weighted by Crippen LogP contribution is -2.45. The van der Waals surface area contributed by atoms with Crippen LogP contribution in [0.15, 0.2) is 27.8 Å². The highest BCUT2D eigenvalue weighted by Gasteiger charge is 2.36. The highest BCUT2D eigenvalue weighted by molar-refractivity contribution is 9.10. The van der Waals surface area contributed by atoms with E-state index >= 15 is 0 Å². The topological polar surface area (TPSA) is 87.6 Å². The zero-order valence-corrected chi connectivity index (χ0v) is 13.3. The van der Waals surface area contributed by atoms with Gasteiger partial charge in [-0.25, -0.2) is 8.42 Å². The highest BCUT2D eigenvalue weighted by Crippen LogP contribution is 2.29. The third-order valence-corrected chi connectivity index (χ3v) is 5.86. The second-order valence-corrected chi connectivity index (χ2v) is 7.67. The predicted molar refractivity (Wildman–Crippen MR) is 75.7 cm³/mol. The zero-order valence-electron chi connectivity index (χ0n) is 10.9. The van der Waals surface area contributed by atoms with Crippen LogP contribution in [-0.2, 0) is 14.8 Å². The molecule has 110 valence electrons. The second-order valence-electron chi connectivity index (χ2n) is 4.86. The van der Waals surface area contributed by atoms with E-state index in [1.54, 1.807) is 6.92 Å². The van der Waals surface area contributed by atoms with E-state index < -0.39 is 21.9 Å². The van der Waals surface area contributed by atoms with Gasteiger partial charge in [0, 0.05) is 29.5 Å². The molecule has 1 aromatic heterocycles. The minimum Gasteiger partial charge on any atom is -0.481 e. The molecule has 20 heavy (non-hydrogen) atoms. The van der Waals surface area contributed by atoms with Crippen LogP contribution in [0.25, 0.3) is 0 Å². The number of carboxylic acids is 1. The number of hydrogen-bond donors (Lipinski definition) is 1. The van der Waals surface area contributed by atoms with Crippen LogP contribution in [0.2, 0.25) is 0 Å². The fraction of sp³-hybridized carbons (Fsp3) is 0.500. The Hall–Kier alpha value is -0.990. The van der Waals surface area contributed by atoms with Crippen LogP contribution < -0.4 is 0 Å². The van der Waals surface area contributed by atoms with Crippen molar-refractivity contribution in [2.24, 2.45) is 5.92 Å². The molecule has 0 aromatic carbocycles. The van der Waals surface area contributed by atoms with Gasteiger partial charge in [0.2, 0.25) is 10.0 Å². The second kappa shape index (κ2) is 5.79. The van der Waals surface area contributed by atoms with E-state index in [9.17, 15) is 13.2 Å². The number of sulfonamides is 1. The monoisotopic (exact) mass is 362 g/mol. The van der Waals surface area contributed by atoms with Crippen molar-refractivity contribution in [1.29, 1.82) is 0 Å². The lowest BCUT2D eigenvalue weighted by atomic mass is 9.93. The quantitative estimate of drug-likeness (QED) is 0.884. The number of pyridine rings is 1. The van der Waals surface area contributed by atoms with Crippen molar-refractivity contribution in [3.05, 3.63) is 22.9 Å². The van der Waals surface area contributed by atoms with Crippen molar-refractivity contribution in [3.63, 3.8) is 0 Å². The molecule has 8 heteroatoms. The summed E-state index contributed by atoms with van der Waals surface area (Å²) in [5.41, 5.74) is 0. The summed E-state index contributed by atoms with van der Waals surface area (Å²) in [6, 6.07) is 1.16. The molecule has 0 radical (unpaired) electrons. The molecule has 1 aliphatic heterocycles. The molecule has 6 nitrogen and oxygen atoms in total. The Kier molecular flexibility index (Phi) is 4.46. The summed E-state index contributed by atoms with van der Waals surface area (Å²) in [6.45, 7) is 1.95. The normalized spacial score (nSPS) is 24.5. The third-order valence-electron chi connectivity index (χ3n) is 3.45. The smallest absolute Gasteiger partial charge is 0.306 e. The molecule has 0 amide bonds. The highest BCUT2D eigenvalue weighted by atomic mass is 79.9. The first-order valence-electron chi connectivity index (χ1n) is 6.17. The van der Waals surface area contributed by atoms with Gasteiger partial charge in [-0.05, 0) is 41.8 Å². The van der Waals surface area contributed by atoms with Crippen LogP contribution in [-0.4, -0.2) is 41.4 Å². The van der Waals surface area contributed by atoms with Crippen molar-refractivity contribution in [1.82, 2.24) is 9.29 Å². The third kappa shape index (κ3) is 3.02.